The van der Waals surface area contributed by atoms with Crippen molar-refractivity contribution in [3.8, 4) is 28.3 Å². The van der Waals surface area contributed by atoms with Crippen LogP contribution in [0.25, 0.3) is 61.3 Å². The molecule has 0 saturated carbocycles. The summed E-state index contributed by atoms with van der Waals surface area (Å²) in [6, 6.07) is 40.4. The summed E-state index contributed by atoms with van der Waals surface area (Å²) in [6.45, 7) is 8.69. The van der Waals surface area contributed by atoms with Gasteiger partial charge in [0.1, 0.15) is 5.58 Å². The number of halogens is 3. The topological polar surface area (TPSA) is 43.9 Å². The molecule has 55 heavy (non-hydrogen) atoms. The van der Waals surface area contributed by atoms with E-state index < -0.39 is 25.0 Å². The number of pyridine rings is 1. The van der Waals surface area contributed by atoms with Crippen molar-refractivity contribution in [3.63, 3.8) is 0 Å². The number of benzene rings is 5. The molecule has 9 heteroatoms. The van der Waals surface area contributed by atoms with E-state index in [1.807, 2.05) is 60.8 Å². The summed E-state index contributed by atoms with van der Waals surface area (Å²) in [4.78, 5) is 9.56. The largest absolute Gasteiger partial charge is 0 e. The number of hydrogen-bond donors (Lipinski definition) is 0. The van der Waals surface area contributed by atoms with E-state index in [4.69, 9.17) is 9.40 Å². The average molecular weight is 975 g/mol. The van der Waals surface area contributed by atoms with Crippen LogP contribution in [0, 0.1) is 12.1 Å². The van der Waals surface area contributed by atoms with Gasteiger partial charge in [-0.3, -0.25) is 4.98 Å². The molecule has 1 radical (unpaired) electrons. The molecule has 0 amide bonds. The second-order valence-electron chi connectivity index (χ2n) is 15.2. The smallest absolute Gasteiger partial charge is 0 e. The first-order valence-electron chi connectivity index (χ1n) is 18.2. The standard InChI is InChI=1S/C32H26F3N2O.C14H16GeN.Ir/c1-18(2)21-9-7-10-22(19(3)4)29(21)37-27-14-6-5-13-26(27)36-31(37)25-12-8-11-24-23-16-15-20(32(33,34)35)17-28(23)38-30(24)25;1-15(2,3)13-9-10-14(16-11-13)12-7-5-4-6-8-12;/h5-11,13-19H,1-4H3;4-7,9-11H,1-3H3;/q2*-1;. The SMILES string of the molecule is CC(C)c1cccc(C(C)C)c1-n1c(-c2[c-]ccc3c2oc2cc(C(F)(F)F)ccc23)nc2ccccc21.[CH3][Ge]([CH3])([CH3])[c]1ccc(-c2[c-]cccc2)nc1.[Ir]. The summed E-state index contributed by atoms with van der Waals surface area (Å²) in [7, 11) is 0. The first-order valence-corrected chi connectivity index (χ1v) is 25.6. The molecule has 0 unspecified atom stereocenters. The van der Waals surface area contributed by atoms with E-state index in [9.17, 15) is 13.2 Å². The minimum Gasteiger partial charge on any atom is 0 e. The maximum absolute atomic E-state index is 13.4. The summed E-state index contributed by atoms with van der Waals surface area (Å²) in [5.74, 6) is 8.29. The Labute approximate surface area is 336 Å². The fourth-order valence-corrected chi connectivity index (χ4v) is 9.00. The van der Waals surface area contributed by atoms with E-state index >= 15 is 0 Å². The van der Waals surface area contributed by atoms with Gasteiger partial charge in [0.15, 0.2) is 0 Å². The second-order valence-corrected chi connectivity index (χ2v) is 25.9. The average Bonchev–Trinajstić information content (AvgIpc) is 3.73. The third kappa shape index (κ3) is 8.09. The molecular weight excluding hydrogens is 932 g/mol. The molecule has 0 aliphatic rings. The van der Waals surface area contributed by atoms with Crippen molar-refractivity contribution < 1.29 is 37.7 Å². The number of furan rings is 1. The fraction of sp³-hybridized carbons (Fsp3) is 0.217. The Hall–Kier alpha value is -4.50. The van der Waals surface area contributed by atoms with Gasteiger partial charge in [-0.25, -0.2) is 0 Å². The Kier molecular flexibility index (Phi) is 11.6. The number of para-hydroxylation sites is 3. The third-order valence-electron chi connectivity index (χ3n) is 9.73. The van der Waals surface area contributed by atoms with E-state index in [-0.39, 0.29) is 37.5 Å². The Morgan fingerprint density at radius 1 is 0.745 bits per heavy atom. The van der Waals surface area contributed by atoms with Gasteiger partial charge in [0, 0.05) is 31.2 Å². The Morgan fingerprint density at radius 3 is 2.07 bits per heavy atom. The molecule has 0 spiro atoms. The molecule has 4 nitrogen and oxygen atoms in total. The van der Waals surface area contributed by atoms with Crippen LogP contribution in [0.4, 0.5) is 13.2 Å². The van der Waals surface area contributed by atoms with Crippen molar-refractivity contribution in [1.29, 1.82) is 0 Å². The zero-order valence-corrected chi connectivity index (χ0v) is 36.3. The van der Waals surface area contributed by atoms with Crippen LogP contribution in [0.3, 0.4) is 0 Å². The van der Waals surface area contributed by atoms with E-state index in [0.717, 1.165) is 45.5 Å². The normalized spacial score (nSPS) is 12.0. The molecule has 0 aliphatic carbocycles. The van der Waals surface area contributed by atoms with Crippen LogP contribution in [0.1, 0.15) is 56.2 Å². The maximum atomic E-state index is 13.4. The summed E-state index contributed by atoms with van der Waals surface area (Å²) in [5.41, 5.74) is 7.80. The maximum Gasteiger partial charge on any atom is 0 e. The molecule has 283 valence electrons. The van der Waals surface area contributed by atoms with Gasteiger partial charge in [-0.1, -0.05) is 75.0 Å². The number of hydrogen-bond acceptors (Lipinski definition) is 3. The van der Waals surface area contributed by atoms with Crippen molar-refractivity contribution in [3.05, 3.63) is 144 Å². The van der Waals surface area contributed by atoms with Crippen molar-refractivity contribution in [2.24, 2.45) is 0 Å². The predicted molar refractivity (Wildman–Crippen MR) is 217 cm³/mol. The van der Waals surface area contributed by atoms with Crippen molar-refractivity contribution in [2.45, 2.75) is 63.0 Å². The zero-order valence-electron chi connectivity index (χ0n) is 31.8. The molecule has 0 fully saturated rings. The van der Waals surface area contributed by atoms with E-state index in [1.165, 1.54) is 21.6 Å². The minimum absolute atomic E-state index is 0. The van der Waals surface area contributed by atoms with Crippen LogP contribution >= 0.6 is 0 Å². The van der Waals surface area contributed by atoms with Crippen molar-refractivity contribution in [2.75, 3.05) is 0 Å². The molecular formula is C46H42F3GeIrN3O-2. The fourth-order valence-electron chi connectivity index (χ4n) is 6.82. The Balaban J connectivity index is 0.000000254. The minimum atomic E-state index is -4.45. The third-order valence-corrected chi connectivity index (χ3v) is 14.0. The summed E-state index contributed by atoms with van der Waals surface area (Å²) < 4.78 is 50.0. The number of fused-ring (bicyclic) bond motifs is 4. The Bertz CT molecular complexity index is 2560. The summed E-state index contributed by atoms with van der Waals surface area (Å²) in [5, 5.41) is 1.35. The number of aromatic nitrogens is 3. The molecule has 0 aliphatic heterocycles. The monoisotopic (exact) mass is 976 g/mol. The van der Waals surface area contributed by atoms with Gasteiger partial charge < -0.3 is 8.98 Å². The van der Waals surface area contributed by atoms with Crippen LogP contribution < -0.4 is 4.40 Å². The second kappa shape index (κ2) is 15.9. The molecule has 5 aromatic carbocycles. The number of nitrogens with zero attached hydrogens (tertiary/aromatic N) is 3. The van der Waals surface area contributed by atoms with Crippen LogP contribution in [0.5, 0.6) is 0 Å². The van der Waals surface area contributed by atoms with Crippen molar-refractivity contribution in [1.82, 2.24) is 14.5 Å². The molecule has 0 bridgehead atoms. The molecule has 8 rings (SSSR count). The van der Waals surface area contributed by atoms with Crippen LogP contribution in [-0.2, 0) is 26.3 Å². The summed E-state index contributed by atoms with van der Waals surface area (Å²) >= 11 is -1.72. The van der Waals surface area contributed by atoms with Gasteiger partial charge in [-0.2, -0.15) is 13.2 Å². The first-order chi connectivity index (χ1) is 25.7. The van der Waals surface area contributed by atoms with Crippen LogP contribution in [-0.4, -0.2) is 27.8 Å². The molecule has 8 aromatic rings. The number of imidazole rings is 1. The van der Waals surface area contributed by atoms with E-state index in [1.54, 1.807) is 6.07 Å². The molecule has 3 heterocycles. The Morgan fingerprint density at radius 2 is 1.45 bits per heavy atom. The number of alkyl halides is 3. The molecule has 0 atom stereocenters. The van der Waals surface area contributed by atoms with Gasteiger partial charge in [0.05, 0.1) is 28.0 Å². The molecule has 0 N–H and O–H groups in total. The van der Waals surface area contributed by atoms with Gasteiger partial charge in [0.25, 0.3) is 0 Å². The molecule has 3 aromatic heterocycles. The van der Waals surface area contributed by atoms with E-state index in [2.05, 4.69) is 97.0 Å². The van der Waals surface area contributed by atoms with Gasteiger partial charge in [-0.05, 0) is 47.2 Å². The quantitative estimate of drug-likeness (QED) is 0.123. The molecule has 0 saturated heterocycles. The van der Waals surface area contributed by atoms with E-state index in [0.29, 0.717) is 22.4 Å². The zero-order chi connectivity index (χ0) is 38.4. The van der Waals surface area contributed by atoms with Crippen LogP contribution in [0.2, 0.25) is 17.3 Å². The van der Waals surface area contributed by atoms with Gasteiger partial charge >= 0.3 is 106 Å². The van der Waals surface area contributed by atoms with Gasteiger partial charge in [0.2, 0.25) is 0 Å². The number of rotatable bonds is 6. The predicted octanol–water partition coefficient (Wildman–Crippen LogP) is 12.7. The van der Waals surface area contributed by atoms with Crippen molar-refractivity contribution >= 4 is 50.6 Å². The first kappa shape index (κ1) is 40.2. The van der Waals surface area contributed by atoms with Gasteiger partial charge in [-0.15, -0.1) is 18.2 Å². The van der Waals surface area contributed by atoms with Crippen LogP contribution in [0.15, 0.2) is 120 Å². The summed E-state index contributed by atoms with van der Waals surface area (Å²) in [6.07, 6.45) is -2.42.